The number of ether oxygens (including phenoxy) is 1. The standard InChI is InChI=1S/C14H10FNOS2/c1-17-13-3-2-10(15)6-11(13)12-8-19-14(16-12)9-4-5-18-7-9/h2-8H,1H3. The second-order valence-corrected chi connectivity index (χ2v) is 5.53. The van der Waals surface area contributed by atoms with Gasteiger partial charge in [-0.25, -0.2) is 9.37 Å². The first kappa shape index (κ1) is 12.3. The molecule has 0 N–H and O–H groups in total. The predicted molar refractivity (Wildman–Crippen MR) is 77.4 cm³/mol. The van der Waals surface area contributed by atoms with Gasteiger partial charge in [0.15, 0.2) is 0 Å². The van der Waals surface area contributed by atoms with Gasteiger partial charge in [-0.3, -0.25) is 0 Å². The van der Waals surface area contributed by atoms with Gasteiger partial charge < -0.3 is 4.74 Å². The molecule has 0 saturated carbocycles. The zero-order valence-electron chi connectivity index (χ0n) is 10.1. The Bertz CT molecular complexity index is 691. The zero-order valence-corrected chi connectivity index (χ0v) is 11.7. The summed E-state index contributed by atoms with van der Waals surface area (Å²) in [6.45, 7) is 0. The van der Waals surface area contributed by atoms with E-state index in [1.165, 1.54) is 12.1 Å². The third-order valence-electron chi connectivity index (χ3n) is 2.71. The summed E-state index contributed by atoms with van der Waals surface area (Å²) in [7, 11) is 1.57. The molecule has 0 aliphatic rings. The van der Waals surface area contributed by atoms with Gasteiger partial charge in [0.05, 0.1) is 12.8 Å². The van der Waals surface area contributed by atoms with Crippen LogP contribution in [0.3, 0.4) is 0 Å². The minimum atomic E-state index is -0.291. The Morgan fingerprint density at radius 1 is 1.21 bits per heavy atom. The van der Waals surface area contributed by atoms with Gasteiger partial charge in [0.25, 0.3) is 0 Å². The largest absolute Gasteiger partial charge is 0.496 e. The lowest BCUT2D eigenvalue weighted by Crippen LogP contribution is -1.89. The molecule has 96 valence electrons. The van der Waals surface area contributed by atoms with Crippen molar-refractivity contribution < 1.29 is 9.13 Å². The van der Waals surface area contributed by atoms with E-state index < -0.39 is 0 Å². The van der Waals surface area contributed by atoms with Crippen LogP contribution in [0.5, 0.6) is 5.75 Å². The summed E-state index contributed by atoms with van der Waals surface area (Å²) in [6.07, 6.45) is 0. The highest BCUT2D eigenvalue weighted by Gasteiger charge is 2.12. The molecule has 0 spiro atoms. The molecular formula is C14H10FNOS2. The van der Waals surface area contributed by atoms with E-state index in [2.05, 4.69) is 4.98 Å². The van der Waals surface area contributed by atoms with Crippen LogP contribution >= 0.6 is 22.7 Å². The van der Waals surface area contributed by atoms with E-state index in [0.29, 0.717) is 11.3 Å². The molecule has 0 atom stereocenters. The highest BCUT2D eigenvalue weighted by Crippen LogP contribution is 2.34. The first-order chi connectivity index (χ1) is 9.28. The Hall–Kier alpha value is -1.72. The fourth-order valence-corrected chi connectivity index (χ4v) is 3.33. The normalized spacial score (nSPS) is 10.6. The van der Waals surface area contributed by atoms with Crippen molar-refractivity contribution >= 4 is 22.7 Å². The molecule has 3 aromatic rings. The molecule has 0 aliphatic heterocycles. The Balaban J connectivity index is 2.06. The van der Waals surface area contributed by atoms with E-state index in [4.69, 9.17) is 4.74 Å². The molecule has 2 heterocycles. The number of hydrogen-bond donors (Lipinski definition) is 0. The molecule has 0 amide bonds. The Kier molecular flexibility index (Phi) is 3.31. The van der Waals surface area contributed by atoms with Crippen molar-refractivity contribution in [3.63, 3.8) is 0 Å². The molecule has 1 aromatic carbocycles. The van der Waals surface area contributed by atoms with Crippen molar-refractivity contribution in [2.75, 3.05) is 7.11 Å². The number of thiazole rings is 1. The fraction of sp³-hybridized carbons (Fsp3) is 0.0714. The zero-order chi connectivity index (χ0) is 13.2. The van der Waals surface area contributed by atoms with Crippen molar-refractivity contribution in [1.82, 2.24) is 4.98 Å². The third-order valence-corrected chi connectivity index (χ3v) is 4.28. The second kappa shape index (κ2) is 5.11. The van der Waals surface area contributed by atoms with Gasteiger partial charge in [-0.15, -0.1) is 11.3 Å². The molecular weight excluding hydrogens is 281 g/mol. The molecule has 0 bridgehead atoms. The molecule has 2 nitrogen and oxygen atoms in total. The summed E-state index contributed by atoms with van der Waals surface area (Å²) >= 11 is 3.18. The molecule has 0 fully saturated rings. The van der Waals surface area contributed by atoms with Crippen LogP contribution in [0.2, 0.25) is 0 Å². The average Bonchev–Trinajstić information content (AvgIpc) is 3.09. The lowest BCUT2D eigenvalue weighted by atomic mass is 10.1. The third kappa shape index (κ3) is 2.39. The molecule has 0 unspecified atom stereocenters. The van der Waals surface area contributed by atoms with Crippen LogP contribution in [-0.2, 0) is 0 Å². The minimum absolute atomic E-state index is 0.291. The molecule has 0 radical (unpaired) electrons. The predicted octanol–water partition coefficient (Wildman–Crippen LogP) is 4.69. The summed E-state index contributed by atoms with van der Waals surface area (Å²) < 4.78 is 18.6. The monoisotopic (exact) mass is 291 g/mol. The average molecular weight is 291 g/mol. The van der Waals surface area contributed by atoms with E-state index in [-0.39, 0.29) is 5.82 Å². The lowest BCUT2D eigenvalue weighted by Gasteiger charge is -2.05. The van der Waals surface area contributed by atoms with E-state index in [1.807, 2.05) is 22.2 Å². The van der Waals surface area contributed by atoms with Gasteiger partial charge in [0, 0.05) is 21.9 Å². The summed E-state index contributed by atoms with van der Waals surface area (Å²) in [5, 5.41) is 6.91. The number of methoxy groups -OCH3 is 1. The topological polar surface area (TPSA) is 22.1 Å². The molecule has 0 saturated heterocycles. The van der Waals surface area contributed by atoms with Crippen LogP contribution in [0, 0.1) is 5.82 Å². The first-order valence-corrected chi connectivity index (χ1v) is 7.42. The Morgan fingerprint density at radius 2 is 2.11 bits per heavy atom. The van der Waals surface area contributed by atoms with E-state index in [0.717, 1.165) is 16.3 Å². The van der Waals surface area contributed by atoms with Crippen LogP contribution in [0.15, 0.2) is 40.4 Å². The summed E-state index contributed by atoms with van der Waals surface area (Å²) in [5.41, 5.74) is 2.51. The quantitative estimate of drug-likeness (QED) is 0.698. The number of nitrogens with zero attached hydrogens (tertiary/aromatic N) is 1. The number of thiophene rings is 1. The summed E-state index contributed by atoms with van der Waals surface area (Å²) in [4.78, 5) is 4.55. The maximum absolute atomic E-state index is 13.4. The smallest absolute Gasteiger partial charge is 0.128 e. The molecule has 0 aliphatic carbocycles. The second-order valence-electron chi connectivity index (χ2n) is 3.89. The number of halogens is 1. The molecule has 2 aromatic heterocycles. The van der Waals surface area contributed by atoms with Crippen LogP contribution < -0.4 is 4.74 Å². The maximum Gasteiger partial charge on any atom is 0.128 e. The summed E-state index contributed by atoms with van der Waals surface area (Å²) in [6, 6.07) is 6.48. The van der Waals surface area contributed by atoms with Crippen LogP contribution in [0.1, 0.15) is 0 Å². The van der Waals surface area contributed by atoms with Gasteiger partial charge in [-0.05, 0) is 29.6 Å². The first-order valence-electron chi connectivity index (χ1n) is 5.60. The minimum Gasteiger partial charge on any atom is -0.496 e. The van der Waals surface area contributed by atoms with Crippen molar-refractivity contribution in [1.29, 1.82) is 0 Å². The van der Waals surface area contributed by atoms with Gasteiger partial charge >= 0.3 is 0 Å². The lowest BCUT2D eigenvalue weighted by molar-refractivity contribution is 0.415. The Morgan fingerprint density at radius 3 is 2.84 bits per heavy atom. The number of aromatic nitrogens is 1. The van der Waals surface area contributed by atoms with Crippen LogP contribution in [-0.4, -0.2) is 12.1 Å². The number of rotatable bonds is 3. The van der Waals surface area contributed by atoms with Crippen molar-refractivity contribution in [2.45, 2.75) is 0 Å². The highest BCUT2D eigenvalue weighted by atomic mass is 32.1. The Labute approximate surface area is 118 Å². The van der Waals surface area contributed by atoms with E-state index in [9.17, 15) is 4.39 Å². The van der Waals surface area contributed by atoms with Crippen molar-refractivity contribution in [3.8, 4) is 27.6 Å². The molecule has 3 rings (SSSR count). The van der Waals surface area contributed by atoms with Gasteiger partial charge in [-0.2, -0.15) is 11.3 Å². The molecule has 19 heavy (non-hydrogen) atoms. The number of benzene rings is 1. The van der Waals surface area contributed by atoms with Crippen LogP contribution in [0.25, 0.3) is 21.8 Å². The maximum atomic E-state index is 13.4. The summed E-state index contributed by atoms with van der Waals surface area (Å²) in [5.74, 6) is 0.337. The van der Waals surface area contributed by atoms with Crippen LogP contribution in [0.4, 0.5) is 4.39 Å². The fourth-order valence-electron chi connectivity index (χ4n) is 1.80. The SMILES string of the molecule is COc1ccc(F)cc1-c1csc(-c2ccsc2)n1. The molecule has 5 heteroatoms. The van der Waals surface area contributed by atoms with E-state index >= 15 is 0 Å². The van der Waals surface area contributed by atoms with Crippen molar-refractivity contribution in [3.05, 3.63) is 46.2 Å². The number of hydrogen-bond acceptors (Lipinski definition) is 4. The van der Waals surface area contributed by atoms with Gasteiger partial charge in [-0.1, -0.05) is 0 Å². The highest BCUT2D eigenvalue weighted by molar-refractivity contribution is 7.14. The van der Waals surface area contributed by atoms with Crippen molar-refractivity contribution in [2.24, 2.45) is 0 Å². The van der Waals surface area contributed by atoms with E-state index in [1.54, 1.807) is 35.8 Å². The van der Waals surface area contributed by atoms with Gasteiger partial charge in [0.2, 0.25) is 0 Å². The van der Waals surface area contributed by atoms with Gasteiger partial charge in [0.1, 0.15) is 16.6 Å².